The van der Waals surface area contributed by atoms with E-state index in [-0.39, 0.29) is 18.6 Å². The summed E-state index contributed by atoms with van der Waals surface area (Å²) in [5.74, 6) is 2.06. The molecule has 3 nitrogen and oxygen atoms in total. The van der Waals surface area contributed by atoms with Gasteiger partial charge in [-0.3, -0.25) is 0 Å². The molecule has 0 radical (unpaired) electrons. The second kappa shape index (κ2) is 4.68. The van der Waals surface area contributed by atoms with E-state index in [2.05, 4.69) is 18.0 Å². The van der Waals surface area contributed by atoms with Crippen LogP contribution in [0.3, 0.4) is 0 Å². The van der Waals surface area contributed by atoms with E-state index in [0.29, 0.717) is 0 Å². The van der Waals surface area contributed by atoms with Crippen LogP contribution in [0.5, 0.6) is 11.5 Å². The minimum atomic E-state index is 0. The molecule has 1 aliphatic heterocycles. The van der Waals surface area contributed by atoms with Crippen molar-refractivity contribution in [2.75, 3.05) is 0 Å². The van der Waals surface area contributed by atoms with Crippen LogP contribution >= 0.6 is 12.4 Å². The van der Waals surface area contributed by atoms with Crippen LogP contribution in [0.4, 0.5) is 0 Å². The van der Waals surface area contributed by atoms with Gasteiger partial charge in [0, 0.05) is 5.39 Å². The molecule has 1 aromatic carbocycles. The van der Waals surface area contributed by atoms with Gasteiger partial charge in [0.1, 0.15) is 0 Å². The molecule has 0 saturated heterocycles. The van der Waals surface area contributed by atoms with Crippen molar-refractivity contribution in [3.05, 3.63) is 30.0 Å². The molecule has 0 saturated carbocycles. The zero-order valence-corrected chi connectivity index (χ0v) is 10.0. The Morgan fingerprint density at radius 3 is 2.69 bits per heavy atom. The summed E-state index contributed by atoms with van der Waals surface area (Å²) < 4.78 is 5.47. The fourth-order valence-electron chi connectivity index (χ4n) is 1.81. The van der Waals surface area contributed by atoms with E-state index in [1.54, 1.807) is 0 Å². The van der Waals surface area contributed by atoms with Crippen molar-refractivity contribution in [2.45, 2.75) is 19.8 Å². The highest BCUT2D eigenvalue weighted by molar-refractivity contribution is 5.92. The molecule has 2 aromatic rings. The number of aryl methyl sites for hydroxylation is 1. The second-order valence-electron chi connectivity index (χ2n) is 3.59. The summed E-state index contributed by atoms with van der Waals surface area (Å²) in [4.78, 5) is 4.59. The lowest BCUT2D eigenvalue weighted by atomic mass is 10.1. The third-order valence-corrected chi connectivity index (χ3v) is 2.52. The number of halogens is 1. The number of pyridine rings is 1. The summed E-state index contributed by atoms with van der Waals surface area (Å²) in [5.41, 5.74) is 2.16. The smallest absolute Gasteiger partial charge is 0.192 e. The van der Waals surface area contributed by atoms with E-state index in [0.717, 1.165) is 40.9 Å². The Labute approximate surface area is 101 Å². The Balaban J connectivity index is 0.000000640. The molecule has 16 heavy (non-hydrogen) atoms. The molecule has 0 amide bonds. The maximum absolute atomic E-state index is 5.47. The minimum absolute atomic E-state index is 0. The molecule has 86 valence electrons. The van der Waals surface area contributed by atoms with Crippen molar-refractivity contribution in [1.29, 1.82) is 0 Å². The monoisotopic (exact) mass is 238 g/mol. The third kappa shape index (κ3) is 1.84. The van der Waals surface area contributed by atoms with Crippen LogP contribution in [0.15, 0.2) is 24.3 Å². The van der Waals surface area contributed by atoms with Gasteiger partial charge in [0.25, 0.3) is 0 Å². The SMILES string of the molecule is CCCc1nc2ccccc2c2c1O2.Cl.N. The molecule has 3 N–H and O–H groups in total. The summed E-state index contributed by atoms with van der Waals surface area (Å²) in [5, 5.41) is 1.14. The fraction of sp³-hybridized carbons (Fsp3) is 0.250. The predicted octanol–water partition coefficient (Wildman–Crippen LogP) is 3.88. The molecule has 0 atom stereocenters. The summed E-state index contributed by atoms with van der Waals surface area (Å²) in [6, 6.07) is 8.13. The van der Waals surface area contributed by atoms with E-state index < -0.39 is 0 Å². The number of rotatable bonds is 2. The van der Waals surface area contributed by atoms with Gasteiger partial charge in [-0.2, -0.15) is 0 Å². The average Bonchev–Trinajstić information content (AvgIpc) is 2.98. The van der Waals surface area contributed by atoms with Gasteiger partial charge in [0.05, 0.1) is 11.2 Å². The van der Waals surface area contributed by atoms with E-state index in [1.165, 1.54) is 0 Å². The Hall–Kier alpha value is -1.32. The normalized spacial score (nSPS) is 10.8. The fourth-order valence-corrected chi connectivity index (χ4v) is 1.81. The molecular formula is C12H15ClN2O. The van der Waals surface area contributed by atoms with Crippen LogP contribution in [-0.2, 0) is 6.42 Å². The molecule has 0 bridgehead atoms. The minimum Gasteiger partial charge on any atom is -0.447 e. The molecule has 0 fully saturated rings. The van der Waals surface area contributed by atoms with Crippen molar-refractivity contribution >= 4 is 23.3 Å². The van der Waals surface area contributed by atoms with Crippen LogP contribution in [0.1, 0.15) is 19.0 Å². The largest absolute Gasteiger partial charge is 0.447 e. The number of ether oxygens (including phenoxy) is 1. The highest BCUT2D eigenvalue weighted by Gasteiger charge is 2.28. The van der Waals surface area contributed by atoms with Crippen LogP contribution in [-0.4, -0.2) is 4.98 Å². The molecule has 0 unspecified atom stereocenters. The number of fused-ring (bicyclic) bond motifs is 3. The van der Waals surface area contributed by atoms with Crippen molar-refractivity contribution in [1.82, 2.24) is 11.1 Å². The molecule has 2 heterocycles. The average molecular weight is 239 g/mol. The Morgan fingerprint density at radius 1 is 1.19 bits per heavy atom. The number of benzene rings is 1. The standard InChI is InChI=1S/C12H11NO.ClH.H3N/c1-2-5-10-12-11(14-12)8-6-3-4-7-9(8)13-10;;/h3-4,6-7H,2,5H2,1H3;1H;1H3. The Kier molecular flexibility index (Phi) is 3.73. The van der Waals surface area contributed by atoms with Gasteiger partial charge < -0.3 is 10.9 Å². The molecule has 3 rings (SSSR count). The maximum atomic E-state index is 5.47. The number of hydrogen-bond acceptors (Lipinski definition) is 3. The van der Waals surface area contributed by atoms with Gasteiger partial charge in [-0.15, -0.1) is 12.4 Å². The number of aromatic nitrogens is 1. The van der Waals surface area contributed by atoms with E-state index in [4.69, 9.17) is 4.74 Å². The predicted molar refractivity (Wildman–Crippen MR) is 68.1 cm³/mol. The first kappa shape index (κ1) is 12.7. The Bertz CT molecular complexity index is 514. The lowest BCUT2D eigenvalue weighted by Crippen LogP contribution is -1.85. The van der Waals surface area contributed by atoms with Gasteiger partial charge in [0.15, 0.2) is 11.5 Å². The molecule has 4 heteroatoms. The lowest BCUT2D eigenvalue weighted by molar-refractivity contribution is 0.642. The number of hydrogen-bond donors (Lipinski definition) is 1. The molecule has 1 aliphatic rings. The van der Waals surface area contributed by atoms with Crippen LogP contribution in [0, 0.1) is 0 Å². The van der Waals surface area contributed by atoms with Gasteiger partial charge in [-0.1, -0.05) is 25.5 Å². The molecule has 0 spiro atoms. The second-order valence-corrected chi connectivity index (χ2v) is 3.59. The number of para-hydroxylation sites is 1. The highest BCUT2D eigenvalue weighted by Crippen LogP contribution is 2.52. The maximum Gasteiger partial charge on any atom is 0.192 e. The van der Waals surface area contributed by atoms with Crippen LogP contribution in [0.2, 0.25) is 0 Å². The van der Waals surface area contributed by atoms with Crippen molar-refractivity contribution in [3.63, 3.8) is 0 Å². The molecular weight excluding hydrogens is 224 g/mol. The van der Waals surface area contributed by atoms with Gasteiger partial charge >= 0.3 is 0 Å². The first-order valence-electron chi connectivity index (χ1n) is 4.99. The highest BCUT2D eigenvalue weighted by atomic mass is 35.5. The van der Waals surface area contributed by atoms with Gasteiger partial charge in [-0.05, 0) is 18.6 Å². The molecule has 1 aromatic heterocycles. The van der Waals surface area contributed by atoms with Crippen LogP contribution < -0.4 is 10.9 Å². The Morgan fingerprint density at radius 2 is 1.94 bits per heavy atom. The quantitative estimate of drug-likeness (QED) is 0.690. The first-order valence-corrected chi connectivity index (χ1v) is 4.99. The zero-order chi connectivity index (χ0) is 9.54. The van der Waals surface area contributed by atoms with E-state index >= 15 is 0 Å². The molecule has 0 aliphatic carbocycles. The first-order chi connectivity index (χ1) is 6.90. The van der Waals surface area contributed by atoms with Crippen molar-refractivity contribution < 1.29 is 4.74 Å². The van der Waals surface area contributed by atoms with Crippen molar-refractivity contribution in [3.8, 4) is 11.5 Å². The summed E-state index contributed by atoms with van der Waals surface area (Å²) >= 11 is 0. The summed E-state index contributed by atoms with van der Waals surface area (Å²) in [6.45, 7) is 2.16. The van der Waals surface area contributed by atoms with E-state index in [9.17, 15) is 0 Å². The number of nitrogens with zero attached hydrogens (tertiary/aromatic N) is 1. The zero-order valence-electron chi connectivity index (χ0n) is 9.19. The summed E-state index contributed by atoms with van der Waals surface area (Å²) in [7, 11) is 0. The van der Waals surface area contributed by atoms with Gasteiger partial charge in [0.2, 0.25) is 0 Å². The third-order valence-electron chi connectivity index (χ3n) is 2.52. The van der Waals surface area contributed by atoms with Gasteiger partial charge in [-0.25, -0.2) is 4.98 Å². The van der Waals surface area contributed by atoms with E-state index in [1.807, 2.05) is 18.2 Å². The van der Waals surface area contributed by atoms with Crippen LogP contribution in [0.25, 0.3) is 10.9 Å². The lowest BCUT2D eigenvalue weighted by Gasteiger charge is -1.95. The van der Waals surface area contributed by atoms with Crippen molar-refractivity contribution in [2.24, 2.45) is 0 Å². The topological polar surface area (TPSA) is 60.4 Å². The summed E-state index contributed by atoms with van der Waals surface area (Å²) in [6.07, 6.45) is 2.12.